The fourth-order valence-electron chi connectivity index (χ4n) is 6.62. The van der Waals surface area contributed by atoms with Gasteiger partial charge in [0.2, 0.25) is 11.8 Å². The number of pyridine rings is 1. The number of carboxylic acids is 1. The third-order valence-corrected chi connectivity index (χ3v) is 9.65. The number of phenolic OH excluding ortho intramolecular Hbond substituents is 1. The van der Waals surface area contributed by atoms with Gasteiger partial charge in [0, 0.05) is 25.1 Å². The monoisotopic (exact) mass is 732 g/mol. The molecule has 0 unspecified atom stereocenters. The van der Waals surface area contributed by atoms with Crippen LogP contribution >= 0.6 is 22.6 Å². The van der Waals surface area contributed by atoms with E-state index in [0.29, 0.717) is 59.8 Å². The van der Waals surface area contributed by atoms with E-state index in [4.69, 9.17) is 9.84 Å². The number of unbranched alkanes of at least 4 members (excludes halogenated alkanes) is 2. The molecule has 242 valence electrons. The number of aromatic nitrogens is 1. The number of halogens is 1. The Morgan fingerprint density at radius 1 is 1.18 bits per heavy atom. The van der Waals surface area contributed by atoms with Crippen LogP contribution in [0.2, 0.25) is 0 Å². The van der Waals surface area contributed by atoms with Gasteiger partial charge in [-0.2, -0.15) is 0 Å². The van der Waals surface area contributed by atoms with Crippen LogP contribution in [-0.4, -0.2) is 74.5 Å². The first-order valence-electron chi connectivity index (χ1n) is 15.4. The van der Waals surface area contributed by atoms with E-state index in [9.17, 15) is 29.7 Å². The lowest BCUT2D eigenvalue weighted by molar-refractivity contribution is -0.141. The number of aliphatic hydroxyl groups excluding tert-OH is 2. The Balaban J connectivity index is 1.56. The van der Waals surface area contributed by atoms with E-state index >= 15 is 0 Å². The van der Waals surface area contributed by atoms with Crippen molar-refractivity contribution in [3.8, 4) is 11.5 Å². The molecule has 10 nitrogen and oxygen atoms in total. The maximum atomic E-state index is 13.6. The molecular formula is C34H41IN2O8. The Bertz CT molecular complexity index is 1460. The Morgan fingerprint density at radius 2 is 1.96 bits per heavy atom. The number of fused-ring (bicyclic) bond motifs is 1. The van der Waals surface area contributed by atoms with Gasteiger partial charge in [0.15, 0.2) is 11.5 Å². The highest BCUT2D eigenvalue weighted by atomic mass is 127. The van der Waals surface area contributed by atoms with Gasteiger partial charge in [-0.3, -0.25) is 24.3 Å². The zero-order valence-corrected chi connectivity index (χ0v) is 27.8. The van der Waals surface area contributed by atoms with Crippen molar-refractivity contribution in [2.75, 3.05) is 20.3 Å². The maximum absolute atomic E-state index is 13.6. The summed E-state index contributed by atoms with van der Waals surface area (Å²) in [4.78, 5) is 43.5. The van der Waals surface area contributed by atoms with Gasteiger partial charge in [-0.1, -0.05) is 25.0 Å². The molecule has 1 aliphatic carbocycles. The van der Waals surface area contributed by atoms with Gasteiger partial charge in [0.1, 0.15) is 0 Å². The molecule has 1 aromatic carbocycles. The number of nitrogens with zero attached hydrogens (tertiary/aromatic N) is 2. The van der Waals surface area contributed by atoms with Crippen molar-refractivity contribution in [3.05, 3.63) is 62.5 Å². The van der Waals surface area contributed by atoms with E-state index in [1.54, 1.807) is 12.3 Å². The fourth-order valence-corrected chi connectivity index (χ4v) is 7.24. The largest absolute Gasteiger partial charge is 0.504 e. The molecule has 11 heteroatoms. The molecule has 4 atom stereocenters. The van der Waals surface area contributed by atoms with Crippen LogP contribution in [0.1, 0.15) is 69.5 Å². The number of imide groups is 1. The van der Waals surface area contributed by atoms with E-state index in [2.05, 4.69) is 4.98 Å². The quantitative estimate of drug-likeness (QED) is 0.0852. The van der Waals surface area contributed by atoms with Crippen molar-refractivity contribution in [3.63, 3.8) is 0 Å². The number of phenols is 1. The summed E-state index contributed by atoms with van der Waals surface area (Å²) in [5, 5.41) is 41.4. The summed E-state index contributed by atoms with van der Waals surface area (Å²) >= 11 is 2.04. The number of allylic oxidation sites excluding steroid dienone is 2. The molecule has 4 rings (SSSR count). The van der Waals surface area contributed by atoms with Gasteiger partial charge in [-0.15, -0.1) is 0 Å². The lowest BCUT2D eigenvalue weighted by Crippen LogP contribution is -2.39. The maximum Gasteiger partial charge on any atom is 0.303 e. The number of methoxy groups -OCH3 is 1. The minimum Gasteiger partial charge on any atom is -0.504 e. The van der Waals surface area contributed by atoms with Crippen molar-refractivity contribution >= 4 is 52.0 Å². The Labute approximate surface area is 277 Å². The zero-order chi connectivity index (χ0) is 32.7. The van der Waals surface area contributed by atoms with Crippen LogP contribution in [0.15, 0.2) is 47.7 Å². The van der Waals surface area contributed by atoms with Crippen molar-refractivity contribution in [1.82, 2.24) is 9.88 Å². The number of carbonyl (C=O) groups is 3. The number of aliphatic hydroxyl groups is 2. The first-order chi connectivity index (χ1) is 21.6. The molecule has 2 amide bonds. The number of aromatic hydroxyl groups is 1. The molecule has 0 saturated carbocycles. The Morgan fingerprint density at radius 3 is 2.60 bits per heavy atom. The first-order valence-corrected chi connectivity index (χ1v) is 16.4. The second-order valence-electron chi connectivity index (χ2n) is 11.6. The second kappa shape index (κ2) is 15.8. The molecule has 45 heavy (non-hydrogen) atoms. The number of ether oxygens (including phenoxy) is 1. The van der Waals surface area contributed by atoms with Crippen molar-refractivity contribution < 1.29 is 39.5 Å². The van der Waals surface area contributed by atoms with E-state index in [-0.39, 0.29) is 37.1 Å². The highest BCUT2D eigenvalue weighted by molar-refractivity contribution is 14.1. The Kier molecular flexibility index (Phi) is 12.2. The first kappa shape index (κ1) is 34.6. The molecule has 1 aromatic heterocycles. The lowest BCUT2D eigenvalue weighted by atomic mass is 9.67. The highest BCUT2D eigenvalue weighted by Crippen LogP contribution is 2.47. The van der Waals surface area contributed by atoms with Gasteiger partial charge in [-0.05, 0) is 108 Å². The lowest BCUT2D eigenvalue weighted by Gasteiger charge is -2.36. The van der Waals surface area contributed by atoms with Crippen LogP contribution in [0.25, 0.3) is 11.6 Å². The number of amides is 2. The number of rotatable bonds is 15. The predicted molar refractivity (Wildman–Crippen MR) is 177 cm³/mol. The Hall–Kier alpha value is -3.29. The van der Waals surface area contributed by atoms with Gasteiger partial charge in [0.25, 0.3) is 0 Å². The topological polar surface area (TPSA) is 157 Å². The number of hydrogen-bond acceptors (Lipinski definition) is 8. The van der Waals surface area contributed by atoms with Crippen LogP contribution in [0.5, 0.6) is 11.5 Å². The zero-order valence-electron chi connectivity index (χ0n) is 25.6. The summed E-state index contributed by atoms with van der Waals surface area (Å²) in [6, 6.07) is 9.16. The molecule has 1 fully saturated rings. The smallest absolute Gasteiger partial charge is 0.303 e. The van der Waals surface area contributed by atoms with Gasteiger partial charge in [0.05, 0.1) is 40.9 Å². The van der Waals surface area contributed by atoms with Crippen molar-refractivity contribution in [2.24, 2.45) is 17.8 Å². The summed E-state index contributed by atoms with van der Waals surface area (Å²) in [5.41, 5.74) is 3.92. The fraction of sp³-hybridized carbons (Fsp3) is 0.471. The van der Waals surface area contributed by atoms with Crippen LogP contribution in [0.4, 0.5) is 0 Å². The summed E-state index contributed by atoms with van der Waals surface area (Å²) in [5.74, 6) is -3.03. The average Bonchev–Trinajstić information content (AvgIpc) is 3.27. The summed E-state index contributed by atoms with van der Waals surface area (Å²) < 4.78 is 5.96. The number of carbonyl (C=O) groups excluding carboxylic acids is 2. The predicted octanol–water partition coefficient (Wildman–Crippen LogP) is 5.05. The van der Waals surface area contributed by atoms with Gasteiger partial charge in [-0.25, -0.2) is 0 Å². The van der Waals surface area contributed by atoms with Crippen LogP contribution < -0.4 is 4.74 Å². The molecule has 1 aliphatic heterocycles. The van der Waals surface area contributed by atoms with Crippen LogP contribution in [0.3, 0.4) is 0 Å². The van der Waals surface area contributed by atoms with Crippen molar-refractivity contribution in [2.45, 2.75) is 64.4 Å². The van der Waals surface area contributed by atoms with E-state index < -0.39 is 29.8 Å². The number of carboxylic acid groups (broad SMARTS) is 1. The number of hydrogen-bond donors (Lipinski definition) is 4. The standard InChI is InChI=1S/C34H41IN2O8/c1-3-21-18-23-31(34(44)37(33(23)43)14-8-4-5-10-29(40)41)24(19-38)30(21)27(39)12-11-22(26-9-6-7-13-36-26)15-20-16-25(35)32(42)28(17-20)45-2/h6-7,9,13,15-17,23-24,27,31,38-39,42H,3-5,8,10-12,14,18-19H2,1-2H3,(H,40,41)/b22-15-/t23-,24+,27-,31-/m1/s1. The van der Waals surface area contributed by atoms with E-state index in [1.807, 2.05) is 59.9 Å². The molecular weight excluding hydrogens is 691 g/mol. The average molecular weight is 733 g/mol. The van der Waals surface area contributed by atoms with Crippen LogP contribution in [-0.2, 0) is 14.4 Å². The third-order valence-electron chi connectivity index (χ3n) is 8.82. The van der Waals surface area contributed by atoms with Crippen molar-refractivity contribution in [1.29, 1.82) is 0 Å². The minimum atomic E-state index is -0.951. The summed E-state index contributed by atoms with van der Waals surface area (Å²) in [6.07, 6.45) is 6.00. The summed E-state index contributed by atoms with van der Waals surface area (Å²) in [6.45, 7) is 1.82. The van der Waals surface area contributed by atoms with Gasteiger partial charge >= 0.3 is 5.97 Å². The molecule has 2 heterocycles. The number of benzene rings is 1. The molecule has 4 N–H and O–H groups in total. The molecule has 1 saturated heterocycles. The second-order valence-corrected chi connectivity index (χ2v) is 12.7. The van der Waals surface area contributed by atoms with Gasteiger partial charge < -0.3 is 25.2 Å². The molecule has 0 bridgehead atoms. The third kappa shape index (κ3) is 7.93. The van der Waals surface area contributed by atoms with E-state index in [0.717, 1.165) is 22.4 Å². The normalized spacial score (nSPS) is 20.9. The minimum absolute atomic E-state index is 0.0461. The van der Waals surface area contributed by atoms with Crippen LogP contribution in [0, 0.1) is 21.3 Å². The number of aliphatic carboxylic acids is 1. The van der Waals surface area contributed by atoms with E-state index in [1.165, 1.54) is 12.0 Å². The SMILES string of the molecule is CCC1=C([C@H](O)CC/C(=C/c2cc(I)c(O)c(OC)c2)c2ccccn2)[C@H](CO)[C@@H]2C(=O)N(CCCCCC(=O)O)C(=O)[C@@H]2C1. The highest BCUT2D eigenvalue weighted by Gasteiger charge is 2.54. The molecule has 0 radical (unpaired) electrons. The molecule has 2 aromatic rings. The molecule has 2 aliphatic rings. The molecule has 0 spiro atoms. The number of likely N-dealkylation sites (tertiary alicyclic amines) is 1. The summed E-state index contributed by atoms with van der Waals surface area (Å²) in [7, 11) is 1.49.